The fourth-order valence-corrected chi connectivity index (χ4v) is 3.95. The molecular weight excluding hydrogens is 419 g/mol. The van der Waals surface area contributed by atoms with Gasteiger partial charge in [0.2, 0.25) is 0 Å². The number of carbonyl (C=O) groups is 1. The molecule has 0 spiro atoms. The molecule has 4 rings (SSSR count). The van der Waals surface area contributed by atoms with Crippen LogP contribution in [0.15, 0.2) is 64.8 Å². The first-order chi connectivity index (χ1) is 15.1. The van der Waals surface area contributed by atoms with E-state index in [0.29, 0.717) is 35.0 Å². The van der Waals surface area contributed by atoms with Crippen LogP contribution in [0.2, 0.25) is 0 Å². The molecule has 5 nitrogen and oxygen atoms in total. The van der Waals surface area contributed by atoms with Gasteiger partial charge >= 0.3 is 6.18 Å². The summed E-state index contributed by atoms with van der Waals surface area (Å²) < 4.78 is 44.6. The number of hydrogen-bond donors (Lipinski definition) is 0. The molecule has 0 amide bonds. The predicted octanol–water partition coefficient (Wildman–Crippen LogP) is 5.64. The molecule has 3 heterocycles. The van der Waals surface area contributed by atoms with Gasteiger partial charge in [-0.25, -0.2) is 0 Å². The lowest BCUT2D eigenvalue weighted by Gasteiger charge is -2.44. The number of nitrogens with zero attached hydrogens (tertiary/aromatic N) is 3. The van der Waals surface area contributed by atoms with Crippen LogP contribution in [0.1, 0.15) is 42.5 Å². The lowest BCUT2D eigenvalue weighted by atomic mass is 9.74. The highest BCUT2D eigenvalue weighted by atomic mass is 19.4. The largest absolute Gasteiger partial charge is 0.416 e. The van der Waals surface area contributed by atoms with Crippen LogP contribution in [-0.2, 0) is 11.0 Å². The number of halogens is 3. The molecule has 0 aliphatic carbocycles. The zero-order chi connectivity index (χ0) is 23.1. The van der Waals surface area contributed by atoms with E-state index in [0.717, 1.165) is 12.1 Å². The zero-order valence-electron chi connectivity index (χ0n) is 17.8. The molecule has 3 aromatic rings. The van der Waals surface area contributed by atoms with Crippen molar-refractivity contribution in [2.45, 2.75) is 33.0 Å². The third kappa shape index (κ3) is 4.17. The van der Waals surface area contributed by atoms with E-state index in [1.165, 1.54) is 12.1 Å². The molecule has 0 N–H and O–H groups in total. The van der Waals surface area contributed by atoms with Crippen LogP contribution < -0.4 is 4.90 Å². The number of Topliss-reactive ketones (excluding diaryl/α,β-unsaturated/α-hetero) is 1. The van der Waals surface area contributed by atoms with Crippen molar-refractivity contribution >= 4 is 17.7 Å². The van der Waals surface area contributed by atoms with E-state index in [-0.39, 0.29) is 5.78 Å². The first kappa shape index (κ1) is 21.8. The van der Waals surface area contributed by atoms with Crippen molar-refractivity contribution in [2.24, 2.45) is 5.41 Å². The molecule has 166 valence electrons. The Morgan fingerprint density at radius 1 is 1.16 bits per heavy atom. The standard InChI is InChI=1S/C24H22F3N3O2/c1-15-12-20(29-32-15)30-14-23(2,3)22(31)19(13-18-6-4-5-11-28-18)21(30)16-7-9-17(10-8-16)24(25,26)27/h4-13,21H,14H2,1-3H3/b19-13-. The van der Waals surface area contributed by atoms with Gasteiger partial charge in [-0.2, -0.15) is 13.2 Å². The van der Waals surface area contributed by atoms with Gasteiger partial charge in [0.15, 0.2) is 11.6 Å². The molecule has 1 saturated heterocycles. The van der Waals surface area contributed by atoms with Crippen LogP contribution in [0.4, 0.5) is 19.0 Å². The number of aryl methyl sites for hydroxylation is 1. The number of pyridine rings is 1. The van der Waals surface area contributed by atoms with Crippen molar-refractivity contribution in [2.75, 3.05) is 11.4 Å². The third-order valence-electron chi connectivity index (χ3n) is 5.50. The fraction of sp³-hybridized carbons (Fsp3) is 0.292. The summed E-state index contributed by atoms with van der Waals surface area (Å²) in [7, 11) is 0. The van der Waals surface area contributed by atoms with Crippen LogP contribution in [0.25, 0.3) is 6.08 Å². The molecule has 0 radical (unpaired) electrons. The number of rotatable bonds is 3. The first-order valence-corrected chi connectivity index (χ1v) is 10.1. The van der Waals surface area contributed by atoms with Gasteiger partial charge in [0.05, 0.1) is 17.3 Å². The maximum absolute atomic E-state index is 13.5. The highest BCUT2D eigenvalue weighted by Gasteiger charge is 2.45. The average molecular weight is 441 g/mol. The van der Waals surface area contributed by atoms with Crippen molar-refractivity contribution in [3.05, 3.63) is 82.9 Å². The Hall–Kier alpha value is -3.42. The van der Waals surface area contributed by atoms with Crippen molar-refractivity contribution in [1.29, 1.82) is 0 Å². The normalized spacial score (nSPS) is 20.1. The average Bonchev–Trinajstić information content (AvgIpc) is 3.18. The Bertz CT molecular complexity index is 1150. The second-order valence-electron chi connectivity index (χ2n) is 8.51. The number of aromatic nitrogens is 2. The molecule has 8 heteroatoms. The predicted molar refractivity (Wildman–Crippen MR) is 114 cm³/mol. The number of benzene rings is 1. The first-order valence-electron chi connectivity index (χ1n) is 10.1. The molecule has 1 unspecified atom stereocenters. The molecule has 1 atom stereocenters. The Morgan fingerprint density at radius 3 is 2.44 bits per heavy atom. The van der Waals surface area contributed by atoms with Gasteiger partial charge in [0.1, 0.15) is 5.76 Å². The summed E-state index contributed by atoms with van der Waals surface area (Å²) in [5, 5.41) is 4.12. The van der Waals surface area contributed by atoms with E-state index < -0.39 is 23.2 Å². The second-order valence-corrected chi connectivity index (χ2v) is 8.51. The topological polar surface area (TPSA) is 59.2 Å². The lowest BCUT2D eigenvalue weighted by Crippen LogP contribution is -2.49. The van der Waals surface area contributed by atoms with Gasteiger partial charge in [0.25, 0.3) is 0 Å². The van der Waals surface area contributed by atoms with Crippen LogP contribution in [0.3, 0.4) is 0 Å². The van der Waals surface area contributed by atoms with E-state index in [9.17, 15) is 18.0 Å². The van der Waals surface area contributed by atoms with Crippen LogP contribution in [-0.4, -0.2) is 22.5 Å². The number of carbonyl (C=O) groups excluding carboxylic acids is 1. The minimum absolute atomic E-state index is 0.0930. The zero-order valence-corrected chi connectivity index (χ0v) is 17.8. The number of piperidine rings is 1. The Morgan fingerprint density at radius 2 is 1.88 bits per heavy atom. The SMILES string of the molecule is Cc1cc(N2CC(C)(C)C(=O)/C(=C\c3ccccn3)C2c2ccc(C(F)(F)F)cc2)no1. The van der Waals surface area contributed by atoms with E-state index in [2.05, 4.69) is 10.1 Å². The molecule has 0 saturated carbocycles. The van der Waals surface area contributed by atoms with E-state index in [1.54, 1.807) is 37.4 Å². The molecule has 32 heavy (non-hydrogen) atoms. The number of anilines is 1. The van der Waals surface area contributed by atoms with Gasteiger partial charge in [-0.1, -0.05) is 37.2 Å². The van der Waals surface area contributed by atoms with Crippen LogP contribution >= 0.6 is 0 Å². The van der Waals surface area contributed by atoms with Crippen molar-refractivity contribution in [3.63, 3.8) is 0 Å². The van der Waals surface area contributed by atoms with Crippen molar-refractivity contribution in [3.8, 4) is 0 Å². The number of alkyl halides is 3. The summed E-state index contributed by atoms with van der Waals surface area (Å²) in [5.74, 6) is 1.01. The van der Waals surface area contributed by atoms with E-state index >= 15 is 0 Å². The fourth-order valence-electron chi connectivity index (χ4n) is 3.95. The Labute approximate surface area is 183 Å². The third-order valence-corrected chi connectivity index (χ3v) is 5.50. The van der Waals surface area contributed by atoms with Gasteiger partial charge in [-0.15, -0.1) is 0 Å². The summed E-state index contributed by atoms with van der Waals surface area (Å²) in [6, 6.07) is 11.3. The molecular formula is C24H22F3N3O2. The molecule has 1 aromatic carbocycles. The highest BCUT2D eigenvalue weighted by Crippen LogP contribution is 2.44. The summed E-state index contributed by atoms with van der Waals surface area (Å²) in [4.78, 5) is 19.7. The van der Waals surface area contributed by atoms with Crippen LogP contribution in [0.5, 0.6) is 0 Å². The highest BCUT2D eigenvalue weighted by molar-refractivity contribution is 6.06. The van der Waals surface area contributed by atoms with Crippen molar-refractivity contribution in [1.82, 2.24) is 10.1 Å². The second kappa shape index (κ2) is 7.93. The quantitative estimate of drug-likeness (QED) is 0.493. The summed E-state index contributed by atoms with van der Waals surface area (Å²) >= 11 is 0. The van der Waals surface area contributed by atoms with Gasteiger partial charge < -0.3 is 9.42 Å². The van der Waals surface area contributed by atoms with Crippen LogP contribution in [0, 0.1) is 12.3 Å². The van der Waals surface area contributed by atoms with Gasteiger partial charge in [0, 0.05) is 29.8 Å². The molecule has 2 aromatic heterocycles. The molecule has 1 aliphatic rings. The summed E-state index contributed by atoms with van der Waals surface area (Å²) in [6.45, 7) is 5.76. The minimum Gasteiger partial charge on any atom is -0.360 e. The smallest absolute Gasteiger partial charge is 0.360 e. The molecule has 0 bridgehead atoms. The number of ketones is 1. The number of hydrogen-bond acceptors (Lipinski definition) is 5. The Kier molecular flexibility index (Phi) is 5.40. The van der Waals surface area contributed by atoms with E-state index in [4.69, 9.17) is 4.52 Å². The maximum Gasteiger partial charge on any atom is 0.416 e. The monoisotopic (exact) mass is 441 g/mol. The summed E-state index contributed by atoms with van der Waals surface area (Å²) in [5.41, 5.74) is 0.0603. The maximum atomic E-state index is 13.5. The molecule has 1 fully saturated rings. The minimum atomic E-state index is -4.45. The van der Waals surface area contributed by atoms with E-state index in [1.807, 2.05) is 24.8 Å². The summed E-state index contributed by atoms with van der Waals surface area (Å²) in [6.07, 6.45) is -1.12. The van der Waals surface area contributed by atoms with Gasteiger partial charge in [-0.3, -0.25) is 9.78 Å². The lowest BCUT2D eigenvalue weighted by molar-refractivity contribution is -0.137. The molecule has 1 aliphatic heterocycles. The Balaban J connectivity index is 1.89. The van der Waals surface area contributed by atoms with Crippen molar-refractivity contribution < 1.29 is 22.5 Å². The van der Waals surface area contributed by atoms with Gasteiger partial charge in [-0.05, 0) is 42.8 Å².